The molecule has 0 bridgehead atoms. The van der Waals surface area contributed by atoms with Crippen LogP contribution in [0, 0.1) is 0 Å². The lowest BCUT2D eigenvalue weighted by Crippen LogP contribution is -2.03. The third-order valence-electron chi connectivity index (χ3n) is 1.87. The number of halogens is 1. The van der Waals surface area contributed by atoms with Gasteiger partial charge < -0.3 is 9.67 Å². The minimum absolute atomic E-state index is 0.0605. The van der Waals surface area contributed by atoms with Gasteiger partial charge in [0.05, 0.1) is 12.3 Å². The predicted octanol–water partition coefficient (Wildman–Crippen LogP) is 1.69. The van der Waals surface area contributed by atoms with Crippen LogP contribution in [0.5, 0.6) is 0 Å². The Morgan fingerprint density at radius 2 is 2.17 bits per heavy atom. The maximum Gasteiger partial charge on any atom is 0.152 e. The van der Waals surface area contributed by atoms with E-state index in [1.165, 1.54) is 0 Å². The highest BCUT2D eigenvalue weighted by molar-refractivity contribution is 6.30. The Bertz CT molecular complexity index is 281. The van der Waals surface area contributed by atoms with E-state index in [0.717, 1.165) is 5.82 Å². The van der Waals surface area contributed by atoms with Gasteiger partial charge in [-0.3, -0.25) is 0 Å². The molecule has 0 aliphatic rings. The van der Waals surface area contributed by atoms with Gasteiger partial charge in [0.15, 0.2) is 5.15 Å². The molecule has 0 saturated heterocycles. The smallest absolute Gasteiger partial charge is 0.152 e. The fourth-order valence-corrected chi connectivity index (χ4v) is 1.48. The predicted molar refractivity (Wildman–Crippen MR) is 48.2 cm³/mol. The number of aromatic nitrogens is 2. The van der Waals surface area contributed by atoms with E-state index >= 15 is 0 Å². The average molecular weight is 189 g/mol. The van der Waals surface area contributed by atoms with Gasteiger partial charge in [0.1, 0.15) is 5.82 Å². The number of aliphatic hydroxyl groups is 1. The Morgan fingerprint density at radius 3 is 2.42 bits per heavy atom. The zero-order valence-corrected chi connectivity index (χ0v) is 8.26. The van der Waals surface area contributed by atoms with E-state index in [1.54, 1.807) is 0 Å². The quantitative estimate of drug-likeness (QED) is 0.767. The lowest BCUT2D eigenvalue weighted by atomic mass is 10.2. The summed E-state index contributed by atoms with van der Waals surface area (Å²) in [5, 5.41) is 9.36. The summed E-state index contributed by atoms with van der Waals surface area (Å²) in [6.07, 6.45) is 0. The molecule has 12 heavy (non-hydrogen) atoms. The molecular weight excluding hydrogens is 176 g/mol. The van der Waals surface area contributed by atoms with Crippen LogP contribution in [0.25, 0.3) is 0 Å². The van der Waals surface area contributed by atoms with Crippen LogP contribution < -0.4 is 0 Å². The maximum atomic E-state index is 8.95. The van der Waals surface area contributed by atoms with E-state index in [0.29, 0.717) is 16.8 Å². The van der Waals surface area contributed by atoms with E-state index in [1.807, 2.05) is 25.5 Å². The van der Waals surface area contributed by atoms with Gasteiger partial charge >= 0.3 is 0 Å². The van der Waals surface area contributed by atoms with E-state index in [9.17, 15) is 0 Å². The van der Waals surface area contributed by atoms with Crippen LogP contribution in [0.1, 0.15) is 31.3 Å². The molecule has 1 N–H and O–H groups in total. The number of nitrogens with zero attached hydrogens (tertiary/aromatic N) is 2. The second-order valence-corrected chi connectivity index (χ2v) is 3.44. The zero-order valence-electron chi connectivity index (χ0n) is 7.50. The van der Waals surface area contributed by atoms with Gasteiger partial charge in [-0.1, -0.05) is 25.4 Å². The highest BCUT2D eigenvalue weighted by atomic mass is 35.5. The lowest BCUT2D eigenvalue weighted by Gasteiger charge is -2.05. The van der Waals surface area contributed by atoms with Crippen LogP contribution in [0.15, 0.2) is 0 Å². The Balaban J connectivity index is 3.17. The number of rotatable bonds is 2. The standard InChI is InChI=1S/C8H13ClN2O/c1-5(2)8-10-7(9)6(4-12)11(8)3/h5,12H,4H2,1-3H3. The van der Waals surface area contributed by atoms with Crippen molar-refractivity contribution in [1.29, 1.82) is 0 Å². The maximum absolute atomic E-state index is 8.95. The Morgan fingerprint density at radius 1 is 1.58 bits per heavy atom. The number of hydrogen-bond acceptors (Lipinski definition) is 2. The highest BCUT2D eigenvalue weighted by Crippen LogP contribution is 2.20. The first kappa shape index (κ1) is 9.55. The van der Waals surface area contributed by atoms with Gasteiger partial charge in [-0.15, -0.1) is 0 Å². The molecule has 1 aromatic rings. The van der Waals surface area contributed by atoms with Crippen molar-refractivity contribution in [2.24, 2.45) is 7.05 Å². The summed E-state index contributed by atoms with van der Waals surface area (Å²) in [5.74, 6) is 1.23. The van der Waals surface area contributed by atoms with Crippen molar-refractivity contribution < 1.29 is 5.11 Å². The molecule has 0 fully saturated rings. The molecule has 3 nitrogen and oxygen atoms in total. The van der Waals surface area contributed by atoms with Crippen LogP contribution in [0.4, 0.5) is 0 Å². The van der Waals surface area contributed by atoms with Crippen LogP contribution in [-0.4, -0.2) is 14.7 Å². The van der Waals surface area contributed by atoms with E-state index in [-0.39, 0.29) is 6.61 Å². The fraction of sp³-hybridized carbons (Fsp3) is 0.625. The second-order valence-electron chi connectivity index (χ2n) is 3.08. The molecule has 1 heterocycles. The highest BCUT2D eigenvalue weighted by Gasteiger charge is 2.13. The van der Waals surface area contributed by atoms with Crippen LogP contribution in [-0.2, 0) is 13.7 Å². The summed E-state index contributed by atoms with van der Waals surface area (Å²) in [7, 11) is 1.86. The molecule has 68 valence electrons. The normalized spacial score (nSPS) is 11.2. The fourth-order valence-electron chi connectivity index (χ4n) is 1.20. The largest absolute Gasteiger partial charge is 0.390 e. The molecule has 0 atom stereocenters. The van der Waals surface area contributed by atoms with Crippen molar-refractivity contribution in [3.05, 3.63) is 16.7 Å². The second kappa shape index (κ2) is 3.46. The summed E-state index contributed by atoms with van der Waals surface area (Å²) < 4.78 is 1.84. The molecule has 0 aliphatic carbocycles. The van der Waals surface area contributed by atoms with Crippen molar-refractivity contribution in [3.63, 3.8) is 0 Å². The average Bonchev–Trinajstić information content (AvgIpc) is 2.27. The topological polar surface area (TPSA) is 38.1 Å². The van der Waals surface area contributed by atoms with Gasteiger partial charge in [0.2, 0.25) is 0 Å². The monoisotopic (exact) mass is 188 g/mol. The molecule has 0 aromatic carbocycles. The summed E-state index contributed by atoms with van der Waals surface area (Å²) in [5.41, 5.74) is 0.681. The zero-order chi connectivity index (χ0) is 9.30. The molecular formula is C8H13ClN2O. The Labute approximate surface area is 77.0 Å². The van der Waals surface area contributed by atoms with Crippen molar-refractivity contribution in [1.82, 2.24) is 9.55 Å². The first-order valence-electron chi connectivity index (χ1n) is 3.89. The molecule has 0 saturated carbocycles. The van der Waals surface area contributed by atoms with Gasteiger partial charge in [0.25, 0.3) is 0 Å². The van der Waals surface area contributed by atoms with Crippen molar-refractivity contribution >= 4 is 11.6 Å². The molecule has 0 aliphatic heterocycles. The summed E-state index contributed by atoms with van der Waals surface area (Å²) in [6.45, 7) is 4.02. The van der Waals surface area contributed by atoms with Gasteiger partial charge in [-0.2, -0.15) is 0 Å². The van der Waals surface area contributed by atoms with Gasteiger partial charge in [-0.25, -0.2) is 4.98 Å². The number of hydrogen-bond donors (Lipinski definition) is 1. The lowest BCUT2D eigenvalue weighted by molar-refractivity contribution is 0.272. The van der Waals surface area contributed by atoms with Crippen LogP contribution in [0.3, 0.4) is 0 Å². The van der Waals surface area contributed by atoms with E-state index < -0.39 is 0 Å². The van der Waals surface area contributed by atoms with Crippen LogP contribution in [0.2, 0.25) is 5.15 Å². The van der Waals surface area contributed by atoms with Crippen LogP contribution >= 0.6 is 11.6 Å². The van der Waals surface area contributed by atoms with E-state index in [2.05, 4.69) is 4.98 Å². The van der Waals surface area contributed by atoms with Crippen molar-refractivity contribution in [2.75, 3.05) is 0 Å². The van der Waals surface area contributed by atoms with Gasteiger partial charge in [0, 0.05) is 13.0 Å². The minimum atomic E-state index is -0.0605. The molecule has 0 spiro atoms. The Kier molecular flexibility index (Phi) is 2.75. The molecule has 1 aromatic heterocycles. The number of aliphatic hydroxyl groups excluding tert-OH is 1. The van der Waals surface area contributed by atoms with E-state index in [4.69, 9.17) is 16.7 Å². The molecule has 0 unspecified atom stereocenters. The molecule has 1 rings (SSSR count). The SMILES string of the molecule is CC(C)c1nc(Cl)c(CO)n1C. The first-order valence-corrected chi connectivity index (χ1v) is 4.27. The van der Waals surface area contributed by atoms with Crippen molar-refractivity contribution in [2.45, 2.75) is 26.4 Å². The molecule has 0 amide bonds. The molecule has 4 heteroatoms. The van der Waals surface area contributed by atoms with Gasteiger partial charge in [-0.05, 0) is 0 Å². The summed E-state index contributed by atoms with van der Waals surface area (Å²) in [6, 6.07) is 0. The molecule has 0 radical (unpaired) electrons. The van der Waals surface area contributed by atoms with Crippen molar-refractivity contribution in [3.8, 4) is 0 Å². The minimum Gasteiger partial charge on any atom is -0.390 e. The summed E-state index contributed by atoms with van der Waals surface area (Å²) >= 11 is 5.80. The third-order valence-corrected chi connectivity index (χ3v) is 2.17. The summed E-state index contributed by atoms with van der Waals surface area (Å²) in [4.78, 5) is 4.15. The Hall–Kier alpha value is -0.540. The number of imidazole rings is 1. The first-order chi connectivity index (χ1) is 5.57. The third kappa shape index (κ3) is 1.47.